The average molecular weight is 518 g/mol. The fraction of sp³-hybridized carbons (Fsp3) is 0.607. The second-order valence-electron chi connectivity index (χ2n) is 11.9. The highest BCUT2D eigenvalue weighted by molar-refractivity contribution is 5.87. The molecule has 0 aliphatic rings. The van der Waals surface area contributed by atoms with Crippen LogP contribution in [0.1, 0.15) is 73.8 Å². The molecule has 1 heterocycles. The number of aliphatic hydroxyl groups excluding tert-OH is 1. The number of carbonyl (C=O) groups is 3. The molecule has 9 nitrogen and oxygen atoms in total. The van der Waals surface area contributed by atoms with Crippen molar-refractivity contribution in [1.82, 2.24) is 15.6 Å². The van der Waals surface area contributed by atoms with E-state index in [0.717, 1.165) is 16.5 Å². The van der Waals surface area contributed by atoms with E-state index in [9.17, 15) is 19.5 Å². The number of esters is 1. The molecule has 0 bridgehead atoms. The quantitative estimate of drug-likeness (QED) is 0.349. The third-order valence-electron chi connectivity index (χ3n) is 5.41. The molecule has 4 N–H and O–H groups in total. The van der Waals surface area contributed by atoms with Crippen LogP contribution in [-0.4, -0.2) is 57.4 Å². The summed E-state index contributed by atoms with van der Waals surface area (Å²) in [5, 5.41) is 17.2. The van der Waals surface area contributed by atoms with Crippen LogP contribution in [0.25, 0.3) is 10.9 Å². The van der Waals surface area contributed by atoms with E-state index in [2.05, 4.69) is 15.6 Å². The summed E-state index contributed by atoms with van der Waals surface area (Å²) >= 11 is 0. The molecule has 0 spiro atoms. The highest BCUT2D eigenvalue weighted by Gasteiger charge is 2.31. The number of rotatable bonds is 10. The van der Waals surface area contributed by atoms with Gasteiger partial charge in [-0.1, -0.05) is 32.0 Å². The first kappa shape index (κ1) is 30.2. The summed E-state index contributed by atoms with van der Waals surface area (Å²) in [6.07, 6.45) is 0.323. The number of fused-ring (bicyclic) bond motifs is 1. The van der Waals surface area contributed by atoms with Gasteiger partial charge in [0.05, 0.1) is 18.6 Å². The Morgan fingerprint density at radius 2 is 1.59 bits per heavy atom. The molecule has 0 unspecified atom stereocenters. The molecule has 2 aromatic rings. The van der Waals surface area contributed by atoms with E-state index in [4.69, 9.17) is 9.47 Å². The predicted molar refractivity (Wildman–Crippen MR) is 143 cm³/mol. The minimum Gasteiger partial charge on any atom is -0.458 e. The summed E-state index contributed by atoms with van der Waals surface area (Å²) in [6.45, 7) is 14.4. The Labute approximate surface area is 219 Å². The molecule has 0 saturated heterocycles. The fourth-order valence-electron chi connectivity index (χ4n) is 3.95. The van der Waals surface area contributed by atoms with E-state index in [0.29, 0.717) is 6.42 Å². The van der Waals surface area contributed by atoms with E-state index in [1.807, 2.05) is 44.3 Å². The number of aromatic nitrogens is 1. The van der Waals surface area contributed by atoms with Gasteiger partial charge in [-0.05, 0) is 65.5 Å². The Bertz CT molecular complexity index is 1060. The number of nitrogens with one attached hydrogen (secondary N) is 3. The lowest BCUT2D eigenvalue weighted by Gasteiger charge is -2.28. The van der Waals surface area contributed by atoms with E-state index >= 15 is 0 Å². The van der Waals surface area contributed by atoms with Crippen molar-refractivity contribution < 1.29 is 29.0 Å². The van der Waals surface area contributed by atoms with E-state index in [1.54, 1.807) is 41.5 Å². The van der Waals surface area contributed by atoms with Crippen LogP contribution >= 0.6 is 0 Å². The Morgan fingerprint density at radius 3 is 2.19 bits per heavy atom. The Hall–Kier alpha value is -3.07. The molecule has 0 aliphatic heterocycles. The van der Waals surface area contributed by atoms with Crippen LogP contribution in [0, 0.1) is 5.92 Å². The Morgan fingerprint density at radius 1 is 0.973 bits per heavy atom. The number of amides is 2. The molecule has 0 radical (unpaired) electrons. The van der Waals surface area contributed by atoms with Crippen molar-refractivity contribution in [3.8, 4) is 0 Å². The molecule has 3 atom stereocenters. The lowest BCUT2D eigenvalue weighted by Crippen LogP contribution is -2.50. The predicted octanol–water partition coefficient (Wildman–Crippen LogP) is 4.23. The van der Waals surface area contributed by atoms with Crippen molar-refractivity contribution in [2.24, 2.45) is 5.92 Å². The van der Waals surface area contributed by atoms with Crippen LogP contribution in [0.4, 0.5) is 4.79 Å². The highest BCUT2D eigenvalue weighted by Crippen LogP contribution is 2.21. The van der Waals surface area contributed by atoms with Gasteiger partial charge in [0, 0.05) is 23.5 Å². The van der Waals surface area contributed by atoms with E-state index < -0.39 is 47.4 Å². The number of para-hydroxylation sites is 1. The van der Waals surface area contributed by atoms with Crippen LogP contribution in [-0.2, 0) is 25.5 Å². The molecule has 1 aromatic heterocycles. The van der Waals surface area contributed by atoms with Gasteiger partial charge in [0.25, 0.3) is 0 Å². The van der Waals surface area contributed by atoms with Gasteiger partial charge in [0.15, 0.2) is 0 Å². The van der Waals surface area contributed by atoms with Crippen molar-refractivity contribution in [2.45, 2.75) is 104 Å². The lowest BCUT2D eigenvalue weighted by atomic mass is 9.97. The minimum atomic E-state index is -1.18. The van der Waals surface area contributed by atoms with Gasteiger partial charge < -0.3 is 30.2 Å². The zero-order chi connectivity index (χ0) is 28.0. The second kappa shape index (κ2) is 12.4. The minimum absolute atomic E-state index is 0.147. The van der Waals surface area contributed by atoms with Gasteiger partial charge in [-0.25, -0.2) is 9.59 Å². The van der Waals surface area contributed by atoms with Gasteiger partial charge in [0.2, 0.25) is 5.91 Å². The summed E-state index contributed by atoms with van der Waals surface area (Å²) in [4.78, 5) is 41.5. The normalized spacial score (nSPS) is 14.6. The summed E-state index contributed by atoms with van der Waals surface area (Å²) in [6, 6.07) is 6.04. The first-order chi connectivity index (χ1) is 17.0. The Balaban J connectivity index is 2.15. The number of hydrogen-bond acceptors (Lipinski definition) is 6. The maximum Gasteiger partial charge on any atom is 0.407 e. The van der Waals surface area contributed by atoms with E-state index in [-0.39, 0.29) is 18.8 Å². The van der Waals surface area contributed by atoms with Crippen molar-refractivity contribution in [3.63, 3.8) is 0 Å². The highest BCUT2D eigenvalue weighted by atomic mass is 16.6. The average Bonchev–Trinajstić information content (AvgIpc) is 3.12. The van der Waals surface area contributed by atoms with Crippen LogP contribution in [0.3, 0.4) is 0 Å². The van der Waals surface area contributed by atoms with E-state index in [1.165, 1.54) is 0 Å². The van der Waals surface area contributed by atoms with Crippen LogP contribution in [0.5, 0.6) is 0 Å². The number of alkyl carbamates (subject to hydrolysis) is 1. The molecule has 206 valence electrons. The molecule has 9 heteroatoms. The van der Waals surface area contributed by atoms with Crippen molar-refractivity contribution in [3.05, 3.63) is 36.0 Å². The SMILES string of the molecule is CC(C)C[C@H](NC(=O)OC(C)(C)C)[C@@H](O)CC(=O)N[C@@H](Cc1c[nH]c2ccccc12)C(=O)OC(C)(C)C. The first-order valence-electron chi connectivity index (χ1n) is 12.8. The third-order valence-corrected chi connectivity index (χ3v) is 5.41. The van der Waals surface area contributed by atoms with Crippen LogP contribution in [0.15, 0.2) is 30.5 Å². The number of aromatic amines is 1. The number of H-pyrrole nitrogens is 1. The molecule has 0 aliphatic carbocycles. The van der Waals surface area contributed by atoms with Gasteiger partial charge in [0.1, 0.15) is 17.2 Å². The molecule has 2 rings (SSSR count). The first-order valence-corrected chi connectivity index (χ1v) is 12.8. The largest absolute Gasteiger partial charge is 0.458 e. The lowest BCUT2D eigenvalue weighted by molar-refractivity contribution is -0.158. The maximum atomic E-state index is 13.0. The number of benzene rings is 1. The summed E-state index contributed by atoms with van der Waals surface area (Å²) in [5.74, 6) is -0.941. The molecular weight excluding hydrogens is 474 g/mol. The van der Waals surface area contributed by atoms with Crippen molar-refractivity contribution in [1.29, 1.82) is 0 Å². The number of ether oxygens (including phenoxy) is 2. The molecule has 1 aromatic carbocycles. The van der Waals surface area contributed by atoms with Gasteiger partial charge in [-0.15, -0.1) is 0 Å². The zero-order valence-electron chi connectivity index (χ0n) is 23.3. The molecule has 0 fully saturated rings. The molecule has 2 amide bonds. The number of carbonyl (C=O) groups excluding carboxylic acids is 3. The Kier molecular flexibility index (Phi) is 10.1. The third kappa shape index (κ3) is 10.4. The molecule has 0 saturated carbocycles. The van der Waals surface area contributed by atoms with Crippen molar-refractivity contribution >= 4 is 28.9 Å². The number of hydrogen-bond donors (Lipinski definition) is 4. The number of aliphatic hydroxyl groups is 1. The maximum absolute atomic E-state index is 13.0. The fourth-order valence-corrected chi connectivity index (χ4v) is 3.95. The second-order valence-corrected chi connectivity index (χ2v) is 11.9. The van der Waals surface area contributed by atoms with Crippen LogP contribution < -0.4 is 10.6 Å². The summed E-state index contributed by atoms with van der Waals surface area (Å²) < 4.78 is 10.9. The summed E-state index contributed by atoms with van der Waals surface area (Å²) in [5.41, 5.74) is 0.348. The van der Waals surface area contributed by atoms with Gasteiger partial charge in [-0.2, -0.15) is 0 Å². The standard InChI is InChI=1S/C28H43N3O6/c1-17(2)13-21(31-26(35)37-28(6,7)8)23(32)15-24(33)30-22(25(34)36-27(3,4)5)14-18-16-29-20-12-10-9-11-19(18)20/h9-12,16-17,21-23,29,32H,13-15H2,1-8H3,(H,30,33)(H,31,35)/t21-,22-,23-/m0/s1. The monoisotopic (exact) mass is 517 g/mol. The van der Waals surface area contributed by atoms with Crippen LogP contribution in [0.2, 0.25) is 0 Å². The molecule has 37 heavy (non-hydrogen) atoms. The zero-order valence-corrected chi connectivity index (χ0v) is 23.3. The van der Waals surface area contributed by atoms with Gasteiger partial charge >= 0.3 is 12.1 Å². The van der Waals surface area contributed by atoms with Gasteiger partial charge in [-0.3, -0.25) is 4.79 Å². The smallest absolute Gasteiger partial charge is 0.407 e. The van der Waals surface area contributed by atoms with Crippen molar-refractivity contribution in [2.75, 3.05) is 0 Å². The topological polar surface area (TPSA) is 130 Å². The molecular formula is C28H43N3O6. The summed E-state index contributed by atoms with van der Waals surface area (Å²) in [7, 11) is 0.